The van der Waals surface area contributed by atoms with Gasteiger partial charge in [0.05, 0.1) is 20.2 Å². The molecule has 0 bridgehead atoms. The maximum atomic E-state index is 9.08. The zero-order valence-electron chi connectivity index (χ0n) is 19.1. The summed E-state index contributed by atoms with van der Waals surface area (Å²) in [5.74, 6) is 0. The van der Waals surface area contributed by atoms with Gasteiger partial charge in [-0.2, -0.15) is 0 Å². The summed E-state index contributed by atoms with van der Waals surface area (Å²) >= 11 is 0. The maximum absolute atomic E-state index is 9.08. The first kappa shape index (κ1) is 32.2. The third-order valence-electron chi connectivity index (χ3n) is 4.04. The van der Waals surface area contributed by atoms with E-state index >= 15 is 0 Å². The average Bonchev–Trinajstić information content (AvgIpc) is 2.65. The fourth-order valence-corrected chi connectivity index (χ4v) is 2.93. The minimum Gasteiger partial charge on any atom is -0.748 e. The number of benzene rings is 4. The van der Waals surface area contributed by atoms with Gasteiger partial charge in [0.2, 0.25) is 0 Å². The molecule has 0 aromatic heterocycles. The van der Waals surface area contributed by atoms with Crippen molar-refractivity contribution < 1.29 is 85.1 Å². The largest absolute Gasteiger partial charge is 1.00 e. The summed E-state index contributed by atoms with van der Waals surface area (Å²) in [6.45, 7) is 0. The van der Waals surface area contributed by atoms with E-state index in [1.54, 1.807) is 0 Å². The third kappa shape index (κ3) is 14.3. The fourth-order valence-electron chi connectivity index (χ4n) is 2.93. The Morgan fingerprint density at radius 3 is 1.12 bits per heavy atom. The fraction of sp³-hybridized carbons (Fsp3) is 0.130. The van der Waals surface area contributed by atoms with Crippen molar-refractivity contribution in [2.24, 2.45) is 0 Å². The Hall–Kier alpha value is -0.780. The Morgan fingerprint density at radius 2 is 0.818 bits per heavy atom. The van der Waals surface area contributed by atoms with Gasteiger partial charge < -0.3 is 9.11 Å². The van der Waals surface area contributed by atoms with Gasteiger partial charge in [-0.05, 0) is 39.1 Å². The number of hydrogen-bond acceptors (Lipinski definition) is 6. The molecule has 0 unspecified atom stereocenters. The van der Waals surface area contributed by atoms with Gasteiger partial charge in [-0.1, -0.05) is 84.9 Å². The number of fused-ring (bicyclic) bond motifs is 2. The van der Waals surface area contributed by atoms with Crippen molar-refractivity contribution in [2.45, 2.75) is 6.42 Å². The van der Waals surface area contributed by atoms with Crippen LogP contribution in [-0.2, 0) is 26.7 Å². The SMILES string of the molecule is CS(=O)(=O)[O-].CS(=O)(=O)[O-].[Na+].[Na+].c1ccc2cc(Cc3ccc4ccccc4c3)ccc2c1. The minimum absolute atomic E-state index is 0. The first-order valence-electron chi connectivity index (χ1n) is 9.15. The zero-order chi connectivity index (χ0) is 23.1. The summed E-state index contributed by atoms with van der Waals surface area (Å²) < 4.78 is 54.5. The molecule has 0 saturated heterocycles. The molecule has 4 aromatic rings. The van der Waals surface area contributed by atoms with Crippen molar-refractivity contribution in [3.05, 3.63) is 96.1 Å². The normalized spacial score (nSPS) is 10.5. The quantitative estimate of drug-likeness (QED) is 0.229. The molecule has 0 fully saturated rings. The molecule has 0 atom stereocenters. The van der Waals surface area contributed by atoms with E-state index in [9.17, 15) is 0 Å². The molecule has 33 heavy (non-hydrogen) atoms. The van der Waals surface area contributed by atoms with Crippen LogP contribution in [0.2, 0.25) is 0 Å². The molecular weight excluding hydrogens is 482 g/mol. The van der Waals surface area contributed by atoms with E-state index in [2.05, 4.69) is 84.9 Å². The van der Waals surface area contributed by atoms with Crippen LogP contribution in [0.15, 0.2) is 84.9 Å². The molecule has 0 aliphatic carbocycles. The van der Waals surface area contributed by atoms with E-state index in [0.717, 1.165) is 6.42 Å². The van der Waals surface area contributed by atoms with Crippen LogP contribution < -0.4 is 59.1 Å². The Bertz CT molecular complexity index is 1270. The van der Waals surface area contributed by atoms with E-state index in [4.69, 9.17) is 25.9 Å². The molecule has 0 aliphatic heterocycles. The molecule has 4 rings (SSSR count). The second kappa shape index (κ2) is 14.6. The van der Waals surface area contributed by atoms with E-state index in [1.165, 1.54) is 32.7 Å². The van der Waals surface area contributed by atoms with Gasteiger partial charge >= 0.3 is 59.1 Å². The summed E-state index contributed by atoms with van der Waals surface area (Å²) in [5, 5.41) is 5.24. The van der Waals surface area contributed by atoms with Crippen LogP contribution in [0.3, 0.4) is 0 Å². The number of hydrogen-bond donors (Lipinski definition) is 0. The van der Waals surface area contributed by atoms with Gasteiger partial charge in [0.1, 0.15) is 0 Å². The Kier molecular flexibility index (Phi) is 14.2. The molecule has 0 amide bonds. The second-order valence-corrected chi connectivity index (χ2v) is 9.76. The van der Waals surface area contributed by atoms with Crippen LogP contribution in [-0.4, -0.2) is 38.5 Å². The van der Waals surface area contributed by atoms with Crippen molar-refractivity contribution in [2.75, 3.05) is 12.5 Å². The Morgan fingerprint density at radius 1 is 0.545 bits per heavy atom. The summed E-state index contributed by atoms with van der Waals surface area (Å²) in [7, 11) is -7.83. The molecule has 10 heteroatoms. The van der Waals surface area contributed by atoms with E-state index in [0.29, 0.717) is 12.5 Å². The van der Waals surface area contributed by atoms with Gasteiger partial charge in [-0.3, -0.25) is 0 Å². The molecule has 164 valence electrons. The van der Waals surface area contributed by atoms with Gasteiger partial charge in [0, 0.05) is 12.5 Å². The predicted octanol–water partition coefficient (Wildman–Crippen LogP) is -2.09. The van der Waals surface area contributed by atoms with E-state index in [-0.39, 0.29) is 59.1 Å². The van der Waals surface area contributed by atoms with Crippen molar-refractivity contribution in [1.29, 1.82) is 0 Å². The molecule has 6 nitrogen and oxygen atoms in total. The van der Waals surface area contributed by atoms with Crippen LogP contribution in [0, 0.1) is 0 Å². The van der Waals surface area contributed by atoms with Crippen LogP contribution in [0.5, 0.6) is 0 Å². The third-order valence-corrected chi connectivity index (χ3v) is 4.04. The standard InChI is InChI=1S/C21H16.2CH4O3S.2Na/c1-3-7-20-14-16(9-11-18(20)5-1)13-17-10-12-19-6-2-4-8-21(19)15-17;2*1-5(2,3)4;;/h1-12,14-15H,13H2;2*1H3,(H,2,3,4);;/q;;;2*+1/p-2. The number of rotatable bonds is 2. The first-order chi connectivity index (χ1) is 14.4. The molecule has 0 saturated carbocycles. The minimum atomic E-state index is -3.92. The second-order valence-electron chi connectivity index (χ2n) is 6.95. The molecule has 0 N–H and O–H groups in total. The molecule has 0 aliphatic rings. The van der Waals surface area contributed by atoms with Crippen molar-refractivity contribution in [3.63, 3.8) is 0 Å². The topological polar surface area (TPSA) is 114 Å². The van der Waals surface area contributed by atoms with Gasteiger partial charge in [-0.25, -0.2) is 16.8 Å². The summed E-state index contributed by atoms with van der Waals surface area (Å²) in [6.07, 6.45) is 2.19. The Balaban J connectivity index is 0.000000731. The smallest absolute Gasteiger partial charge is 0.748 e. The van der Waals surface area contributed by atoms with E-state index in [1.807, 2.05) is 0 Å². The summed E-state index contributed by atoms with van der Waals surface area (Å²) in [4.78, 5) is 0. The van der Waals surface area contributed by atoms with Crippen molar-refractivity contribution in [1.82, 2.24) is 0 Å². The van der Waals surface area contributed by atoms with Crippen LogP contribution in [0.25, 0.3) is 21.5 Å². The van der Waals surface area contributed by atoms with Crippen LogP contribution >= 0.6 is 0 Å². The molecule has 4 aromatic carbocycles. The van der Waals surface area contributed by atoms with Crippen LogP contribution in [0.4, 0.5) is 0 Å². The molecular formula is C23H22Na2O6S2. The van der Waals surface area contributed by atoms with Gasteiger partial charge in [-0.15, -0.1) is 0 Å². The summed E-state index contributed by atoms with van der Waals surface area (Å²) in [5.41, 5.74) is 2.73. The van der Waals surface area contributed by atoms with Gasteiger partial charge in [0.15, 0.2) is 0 Å². The summed E-state index contributed by atoms with van der Waals surface area (Å²) in [6, 6.07) is 30.5. The molecule has 0 radical (unpaired) electrons. The van der Waals surface area contributed by atoms with Crippen molar-refractivity contribution in [3.8, 4) is 0 Å². The molecule has 0 spiro atoms. The monoisotopic (exact) mass is 504 g/mol. The van der Waals surface area contributed by atoms with Crippen molar-refractivity contribution >= 4 is 41.8 Å². The molecule has 0 heterocycles. The maximum Gasteiger partial charge on any atom is 1.00 e. The first-order valence-corrected chi connectivity index (χ1v) is 12.8. The Labute approximate surface area is 239 Å². The zero-order valence-corrected chi connectivity index (χ0v) is 24.7. The van der Waals surface area contributed by atoms with E-state index < -0.39 is 20.2 Å². The predicted molar refractivity (Wildman–Crippen MR) is 122 cm³/mol. The van der Waals surface area contributed by atoms with Gasteiger partial charge in [0.25, 0.3) is 0 Å². The van der Waals surface area contributed by atoms with Crippen LogP contribution in [0.1, 0.15) is 11.1 Å². The average molecular weight is 505 g/mol.